The van der Waals surface area contributed by atoms with Crippen molar-refractivity contribution in [2.24, 2.45) is 0 Å². The van der Waals surface area contributed by atoms with Gasteiger partial charge in [-0.1, -0.05) is 12.1 Å². The van der Waals surface area contributed by atoms with Crippen LogP contribution in [0.2, 0.25) is 0 Å². The largest absolute Gasteiger partial charge is 0.465 e. The highest BCUT2D eigenvalue weighted by molar-refractivity contribution is 6.00. The first-order valence-electron chi connectivity index (χ1n) is 5.92. The fourth-order valence-corrected chi connectivity index (χ4v) is 1.52. The van der Waals surface area contributed by atoms with Crippen LogP contribution in [-0.2, 0) is 9.47 Å². The minimum atomic E-state index is -0.605. The molecule has 0 aromatic heterocycles. The first-order valence-corrected chi connectivity index (χ1v) is 5.92. The number of anilines is 1. The van der Waals surface area contributed by atoms with E-state index < -0.39 is 17.7 Å². The van der Waals surface area contributed by atoms with Crippen LogP contribution in [0.25, 0.3) is 0 Å². The van der Waals surface area contributed by atoms with Crippen LogP contribution in [0.1, 0.15) is 36.7 Å². The molecule has 0 radical (unpaired) electrons. The van der Waals surface area contributed by atoms with Crippen molar-refractivity contribution in [2.75, 3.05) is 12.4 Å². The van der Waals surface area contributed by atoms with E-state index in [-0.39, 0.29) is 0 Å². The maximum Gasteiger partial charge on any atom is 0.412 e. The molecule has 0 aliphatic rings. The zero-order valence-electron chi connectivity index (χ0n) is 11.9. The molecule has 0 unspecified atom stereocenters. The predicted molar refractivity (Wildman–Crippen MR) is 72.4 cm³/mol. The Morgan fingerprint density at radius 3 is 2.37 bits per heavy atom. The molecule has 0 saturated carbocycles. The molecule has 1 N–H and O–H groups in total. The first kappa shape index (κ1) is 15.0. The van der Waals surface area contributed by atoms with Gasteiger partial charge in [0.2, 0.25) is 0 Å². The SMILES string of the molecule is COC(=O)c1cccc(C)c1NC(=O)OC(C)(C)C. The van der Waals surface area contributed by atoms with Gasteiger partial charge in [0, 0.05) is 0 Å². The van der Waals surface area contributed by atoms with E-state index in [9.17, 15) is 9.59 Å². The Balaban J connectivity index is 3.00. The molecule has 0 saturated heterocycles. The average Bonchev–Trinajstić information content (AvgIpc) is 2.28. The second kappa shape index (κ2) is 5.73. The van der Waals surface area contributed by atoms with Gasteiger partial charge in [0.15, 0.2) is 0 Å². The third-order valence-electron chi connectivity index (χ3n) is 2.30. The predicted octanol–water partition coefficient (Wildman–Crippen LogP) is 3.13. The molecule has 5 heteroatoms. The molecule has 0 aliphatic carbocycles. The number of carbonyl (C=O) groups is 2. The normalized spacial score (nSPS) is 10.8. The minimum absolute atomic E-state index is 0.299. The lowest BCUT2D eigenvalue weighted by molar-refractivity contribution is 0.0601. The van der Waals surface area contributed by atoms with Gasteiger partial charge in [-0.2, -0.15) is 0 Å². The molecule has 0 bridgehead atoms. The molecule has 0 heterocycles. The van der Waals surface area contributed by atoms with Crippen molar-refractivity contribution in [3.05, 3.63) is 29.3 Å². The third kappa shape index (κ3) is 4.28. The van der Waals surface area contributed by atoms with Crippen LogP contribution in [0.15, 0.2) is 18.2 Å². The number of methoxy groups -OCH3 is 1. The number of rotatable bonds is 2. The standard InChI is InChI=1S/C14H19NO4/c1-9-7-6-8-10(12(16)18-5)11(9)15-13(17)19-14(2,3)4/h6-8H,1-5H3,(H,15,17). The summed E-state index contributed by atoms with van der Waals surface area (Å²) in [6, 6.07) is 5.10. The molecular weight excluding hydrogens is 246 g/mol. The topological polar surface area (TPSA) is 64.6 Å². The zero-order valence-corrected chi connectivity index (χ0v) is 11.9. The van der Waals surface area contributed by atoms with Crippen LogP contribution in [0.5, 0.6) is 0 Å². The van der Waals surface area contributed by atoms with E-state index >= 15 is 0 Å². The number of carbonyl (C=O) groups excluding carboxylic acids is 2. The highest BCUT2D eigenvalue weighted by Gasteiger charge is 2.20. The lowest BCUT2D eigenvalue weighted by Crippen LogP contribution is -2.28. The number of para-hydroxylation sites is 1. The van der Waals surface area contributed by atoms with E-state index in [0.29, 0.717) is 11.3 Å². The number of aryl methyl sites for hydroxylation is 1. The van der Waals surface area contributed by atoms with Crippen LogP contribution in [-0.4, -0.2) is 24.8 Å². The molecule has 0 fully saturated rings. The molecule has 104 valence electrons. The molecule has 0 spiro atoms. The molecule has 5 nitrogen and oxygen atoms in total. The summed E-state index contributed by atoms with van der Waals surface area (Å²) < 4.78 is 9.85. The van der Waals surface area contributed by atoms with Crippen molar-refractivity contribution in [3.63, 3.8) is 0 Å². The van der Waals surface area contributed by atoms with Crippen molar-refractivity contribution < 1.29 is 19.1 Å². The molecular formula is C14H19NO4. The Labute approximate surface area is 112 Å². The third-order valence-corrected chi connectivity index (χ3v) is 2.30. The number of esters is 1. The number of hydrogen-bond donors (Lipinski definition) is 1. The Morgan fingerprint density at radius 2 is 1.84 bits per heavy atom. The van der Waals surface area contributed by atoms with Gasteiger partial charge in [-0.05, 0) is 39.3 Å². The van der Waals surface area contributed by atoms with Gasteiger partial charge in [-0.15, -0.1) is 0 Å². The van der Waals surface area contributed by atoms with E-state index in [1.165, 1.54) is 7.11 Å². The van der Waals surface area contributed by atoms with Crippen LogP contribution >= 0.6 is 0 Å². The molecule has 19 heavy (non-hydrogen) atoms. The zero-order chi connectivity index (χ0) is 14.6. The van der Waals surface area contributed by atoms with E-state index in [0.717, 1.165) is 5.56 Å². The quantitative estimate of drug-likeness (QED) is 0.834. The second-order valence-corrected chi connectivity index (χ2v) is 5.12. The van der Waals surface area contributed by atoms with Crippen molar-refractivity contribution in [1.29, 1.82) is 0 Å². The average molecular weight is 265 g/mol. The molecule has 0 aliphatic heterocycles. The van der Waals surface area contributed by atoms with Crippen molar-refractivity contribution >= 4 is 17.7 Å². The number of nitrogens with one attached hydrogen (secondary N) is 1. The Bertz CT molecular complexity index is 489. The van der Waals surface area contributed by atoms with Gasteiger partial charge in [-0.3, -0.25) is 5.32 Å². The Kier molecular flexibility index (Phi) is 4.53. The lowest BCUT2D eigenvalue weighted by atomic mass is 10.1. The van der Waals surface area contributed by atoms with Gasteiger partial charge in [-0.25, -0.2) is 9.59 Å². The first-order chi connectivity index (χ1) is 8.74. The number of benzene rings is 1. The van der Waals surface area contributed by atoms with Gasteiger partial charge in [0.05, 0.1) is 18.4 Å². The summed E-state index contributed by atoms with van der Waals surface area (Å²) in [5.74, 6) is -0.505. The van der Waals surface area contributed by atoms with Crippen LogP contribution in [0, 0.1) is 6.92 Å². The van der Waals surface area contributed by atoms with Gasteiger partial charge >= 0.3 is 12.1 Å². The maximum atomic E-state index is 11.8. The highest BCUT2D eigenvalue weighted by Crippen LogP contribution is 2.22. The van der Waals surface area contributed by atoms with E-state index in [2.05, 4.69) is 10.1 Å². The summed E-state index contributed by atoms with van der Waals surface area (Å²) in [6.07, 6.45) is -0.605. The molecule has 1 amide bonds. The van der Waals surface area contributed by atoms with Gasteiger partial charge in [0.25, 0.3) is 0 Å². The fraction of sp³-hybridized carbons (Fsp3) is 0.429. The summed E-state index contributed by atoms with van der Waals surface area (Å²) in [4.78, 5) is 23.4. The Morgan fingerprint density at radius 1 is 1.21 bits per heavy atom. The van der Waals surface area contributed by atoms with E-state index in [4.69, 9.17) is 4.74 Å². The van der Waals surface area contributed by atoms with Crippen LogP contribution in [0.3, 0.4) is 0 Å². The van der Waals surface area contributed by atoms with Gasteiger partial charge in [0.1, 0.15) is 5.60 Å². The number of amides is 1. The Hall–Kier alpha value is -2.04. The minimum Gasteiger partial charge on any atom is -0.465 e. The molecule has 1 aromatic carbocycles. The van der Waals surface area contributed by atoms with Gasteiger partial charge < -0.3 is 9.47 Å². The second-order valence-electron chi connectivity index (χ2n) is 5.12. The summed E-state index contributed by atoms with van der Waals surface area (Å²) >= 11 is 0. The number of hydrogen-bond acceptors (Lipinski definition) is 4. The highest BCUT2D eigenvalue weighted by atomic mass is 16.6. The molecule has 1 rings (SSSR count). The molecule has 0 atom stereocenters. The summed E-state index contributed by atoms with van der Waals surface area (Å²) in [5, 5.41) is 2.59. The van der Waals surface area contributed by atoms with Crippen molar-refractivity contribution in [3.8, 4) is 0 Å². The van der Waals surface area contributed by atoms with Crippen LogP contribution < -0.4 is 5.32 Å². The molecule has 1 aromatic rings. The van der Waals surface area contributed by atoms with E-state index in [1.807, 2.05) is 0 Å². The summed E-state index contributed by atoms with van der Waals surface area (Å²) in [6.45, 7) is 7.10. The summed E-state index contributed by atoms with van der Waals surface area (Å²) in [5.41, 5.74) is 0.865. The fourth-order valence-electron chi connectivity index (χ4n) is 1.52. The van der Waals surface area contributed by atoms with Crippen LogP contribution in [0.4, 0.5) is 10.5 Å². The lowest BCUT2D eigenvalue weighted by Gasteiger charge is -2.20. The van der Waals surface area contributed by atoms with E-state index in [1.54, 1.807) is 45.9 Å². The maximum absolute atomic E-state index is 11.8. The monoisotopic (exact) mass is 265 g/mol. The van der Waals surface area contributed by atoms with Crippen molar-refractivity contribution in [2.45, 2.75) is 33.3 Å². The number of ether oxygens (including phenoxy) is 2. The smallest absolute Gasteiger partial charge is 0.412 e. The summed E-state index contributed by atoms with van der Waals surface area (Å²) in [7, 11) is 1.29. The van der Waals surface area contributed by atoms with Crippen molar-refractivity contribution in [1.82, 2.24) is 0 Å².